The highest BCUT2D eigenvalue weighted by atomic mass is 16.6. The van der Waals surface area contributed by atoms with Crippen LogP contribution in [0.15, 0.2) is 18.6 Å². The molecule has 1 atom stereocenters. The minimum Gasteiger partial charge on any atom is -0.444 e. The van der Waals surface area contributed by atoms with Gasteiger partial charge in [0.15, 0.2) is 5.82 Å². The first-order valence-electron chi connectivity index (χ1n) is 8.09. The van der Waals surface area contributed by atoms with E-state index in [0.29, 0.717) is 12.4 Å². The number of rotatable bonds is 4. The average molecular weight is 335 g/mol. The number of amides is 2. The van der Waals surface area contributed by atoms with E-state index in [0.717, 1.165) is 19.4 Å². The molecule has 0 aliphatic carbocycles. The highest BCUT2D eigenvalue weighted by Gasteiger charge is 2.25. The highest BCUT2D eigenvalue weighted by molar-refractivity contribution is 5.91. The summed E-state index contributed by atoms with van der Waals surface area (Å²) in [6, 6.07) is -0.0158. The Labute approximate surface area is 142 Å². The smallest absolute Gasteiger partial charge is 0.407 e. The summed E-state index contributed by atoms with van der Waals surface area (Å²) in [7, 11) is 0. The van der Waals surface area contributed by atoms with Crippen molar-refractivity contribution in [3.8, 4) is 0 Å². The molecule has 24 heavy (non-hydrogen) atoms. The number of hydrogen-bond donors (Lipinski definition) is 2. The van der Waals surface area contributed by atoms with Crippen LogP contribution in [-0.4, -0.2) is 58.1 Å². The maximum atomic E-state index is 12.1. The average Bonchev–Trinajstić information content (AvgIpc) is 2.46. The van der Waals surface area contributed by atoms with E-state index in [4.69, 9.17) is 4.74 Å². The van der Waals surface area contributed by atoms with Crippen molar-refractivity contribution < 1.29 is 14.3 Å². The Morgan fingerprint density at radius 1 is 1.38 bits per heavy atom. The number of nitrogens with zero attached hydrogens (tertiary/aromatic N) is 3. The van der Waals surface area contributed by atoms with Crippen molar-refractivity contribution in [2.75, 3.05) is 25.0 Å². The third-order valence-electron chi connectivity index (χ3n) is 3.42. The molecule has 0 spiro atoms. The van der Waals surface area contributed by atoms with E-state index < -0.39 is 11.7 Å². The molecule has 1 aromatic heterocycles. The second-order valence-electron chi connectivity index (χ2n) is 6.86. The summed E-state index contributed by atoms with van der Waals surface area (Å²) in [5.74, 6) is 0.288. The molecule has 2 N–H and O–H groups in total. The summed E-state index contributed by atoms with van der Waals surface area (Å²) < 4.78 is 5.27. The molecule has 2 amide bonds. The number of piperidine rings is 1. The van der Waals surface area contributed by atoms with Crippen LogP contribution in [0.4, 0.5) is 10.6 Å². The lowest BCUT2D eigenvalue weighted by Crippen LogP contribution is -2.50. The van der Waals surface area contributed by atoms with Crippen molar-refractivity contribution in [3.63, 3.8) is 0 Å². The molecule has 0 radical (unpaired) electrons. The van der Waals surface area contributed by atoms with E-state index in [2.05, 4.69) is 20.6 Å². The van der Waals surface area contributed by atoms with E-state index in [1.807, 2.05) is 25.7 Å². The van der Waals surface area contributed by atoms with Crippen LogP contribution in [0, 0.1) is 0 Å². The monoisotopic (exact) mass is 335 g/mol. The number of alkyl carbamates (subject to hydrolysis) is 1. The van der Waals surface area contributed by atoms with Gasteiger partial charge in [0.2, 0.25) is 5.91 Å². The lowest BCUT2D eigenvalue weighted by atomic mass is 10.1. The van der Waals surface area contributed by atoms with Crippen molar-refractivity contribution in [2.45, 2.75) is 45.3 Å². The Morgan fingerprint density at radius 2 is 2.17 bits per heavy atom. The molecule has 1 fully saturated rings. The van der Waals surface area contributed by atoms with Gasteiger partial charge in [0, 0.05) is 25.0 Å². The van der Waals surface area contributed by atoms with Gasteiger partial charge in [0.25, 0.3) is 0 Å². The van der Waals surface area contributed by atoms with E-state index in [1.165, 1.54) is 12.4 Å². The lowest BCUT2D eigenvalue weighted by Gasteiger charge is -2.33. The van der Waals surface area contributed by atoms with Gasteiger partial charge in [-0.25, -0.2) is 9.78 Å². The molecule has 8 heteroatoms. The van der Waals surface area contributed by atoms with Gasteiger partial charge in [-0.05, 0) is 40.2 Å². The summed E-state index contributed by atoms with van der Waals surface area (Å²) >= 11 is 0. The number of aromatic nitrogens is 2. The van der Waals surface area contributed by atoms with Crippen LogP contribution in [0.3, 0.4) is 0 Å². The van der Waals surface area contributed by atoms with Crippen molar-refractivity contribution >= 4 is 17.8 Å². The van der Waals surface area contributed by atoms with Crippen LogP contribution in [0.1, 0.15) is 33.6 Å². The number of carbonyl (C=O) groups excluding carboxylic acids is 2. The first-order valence-corrected chi connectivity index (χ1v) is 8.09. The normalized spacial score (nSPS) is 18.7. The third-order valence-corrected chi connectivity index (χ3v) is 3.42. The molecule has 2 heterocycles. The van der Waals surface area contributed by atoms with Gasteiger partial charge >= 0.3 is 6.09 Å². The molecule has 2 rings (SSSR count). The Morgan fingerprint density at radius 3 is 2.83 bits per heavy atom. The van der Waals surface area contributed by atoms with E-state index in [9.17, 15) is 9.59 Å². The van der Waals surface area contributed by atoms with Crippen LogP contribution in [0.2, 0.25) is 0 Å². The quantitative estimate of drug-likeness (QED) is 0.863. The molecule has 1 aliphatic heterocycles. The number of anilines is 1. The summed E-state index contributed by atoms with van der Waals surface area (Å²) in [4.78, 5) is 33.8. The topological polar surface area (TPSA) is 96.5 Å². The summed E-state index contributed by atoms with van der Waals surface area (Å²) in [5.41, 5.74) is -0.519. The fraction of sp³-hybridized carbons (Fsp3) is 0.625. The van der Waals surface area contributed by atoms with Gasteiger partial charge in [-0.3, -0.25) is 14.7 Å². The molecular formula is C16H25N5O3. The second-order valence-corrected chi connectivity index (χ2v) is 6.86. The van der Waals surface area contributed by atoms with E-state index in [1.54, 1.807) is 6.20 Å². The first kappa shape index (κ1) is 18.1. The molecule has 132 valence electrons. The van der Waals surface area contributed by atoms with Crippen molar-refractivity contribution in [3.05, 3.63) is 18.6 Å². The van der Waals surface area contributed by atoms with Gasteiger partial charge in [-0.2, -0.15) is 0 Å². The molecule has 0 saturated carbocycles. The molecular weight excluding hydrogens is 310 g/mol. The van der Waals surface area contributed by atoms with Crippen molar-refractivity contribution in [1.82, 2.24) is 20.2 Å². The number of likely N-dealkylation sites (tertiary alicyclic amines) is 1. The van der Waals surface area contributed by atoms with Crippen molar-refractivity contribution in [2.24, 2.45) is 0 Å². The maximum Gasteiger partial charge on any atom is 0.407 e. The third kappa shape index (κ3) is 6.49. The van der Waals surface area contributed by atoms with Crippen LogP contribution < -0.4 is 10.6 Å². The second kappa shape index (κ2) is 8.05. The van der Waals surface area contributed by atoms with Gasteiger partial charge in [0.1, 0.15) is 5.60 Å². The summed E-state index contributed by atoms with van der Waals surface area (Å²) in [5, 5.41) is 5.58. The molecule has 1 saturated heterocycles. The summed E-state index contributed by atoms with van der Waals surface area (Å²) in [6.45, 7) is 7.18. The molecule has 0 aromatic carbocycles. The molecule has 1 aliphatic rings. The maximum absolute atomic E-state index is 12.1. The SMILES string of the molecule is CC(C)(C)OC(=O)N[C@@H]1CCCN(CC(=O)Nc2cnccn2)C1. The zero-order chi connectivity index (χ0) is 17.6. The number of ether oxygens (including phenoxy) is 1. The Bertz CT molecular complexity index is 559. The zero-order valence-electron chi connectivity index (χ0n) is 14.4. The predicted molar refractivity (Wildman–Crippen MR) is 89.5 cm³/mol. The fourth-order valence-electron chi connectivity index (χ4n) is 2.54. The predicted octanol–water partition coefficient (Wildman–Crippen LogP) is 1.40. The van der Waals surface area contributed by atoms with E-state index in [-0.39, 0.29) is 18.5 Å². The largest absolute Gasteiger partial charge is 0.444 e. The number of hydrogen-bond acceptors (Lipinski definition) is 6. The van der Waals surface area contributed by atoms with Gasteiger partial charge in [-0.1, -0.05) is 0 Å². The van der Waals surface area contributed by atoms with Gasteiger partial charge in [-0.15, -0.1) is 0 Å². The fourth-order valence-corrected chi connectivity index (χ4v) is 2.54. The molecule has 8 nitrogen and oxygen atoms in total. The van der Waals surface area contributed by atoms with Crippen LogP contribution >= 0.6 is 0 Å². The van der Waals surface area contributed by atoms with Gasteiger partial charge in [0.05, 0.1) is 12.7 Å². The minimum absolute atomic E-state index is 0.0158. The van der Waals surface area contributed by atoms with Crippen LogP contribution in [-0.2, 0) is 9.53 Å². The minimum atomic E-state index is -0.519. The van der Waals surface area contributed by atoms with Crippen molar-refractivity contribution in [1.29, 1.82) is 0 Å². The standard InChI is InChI=1S/C16H25N5O3/c1-16(2,3)24-15(23)19-12-5-4-8-21(10-12)11-14(22)20-13-9-17-6-7-18-13/h6-7,9,12H,4-5,8,10-11H2,1-3H3,(H,19,23)(H,18,20,22)/t12-/m1/s1. The first-order chi connectivity index (χ1) is 11.3. The molecule has 1 aromatic rings. The zero-order valence-corrected chi connectivity index (χ0v) is 14.4. The summed E-state index contributed by atoms with van der Waals surface area (Å²) in [6.07, 6.45) is 5.95. The van der Waals surface area contributed by atoms with Gasteiger partial charge < -0.3 is 15.4 Å². The van der Waals surface area contributed by atoms with Crippen LogP contribution in [0.5, 0.6) is 0 Å². The Kier molecular flexibility index (Phi) is 6.08. The molecule has 0 unspecified atom stereocenters. The number of nitrogens with one attached hydrogen (secondary N) is 2. The van der Waals surface area contributed by atoms with E-state index >= 15 is 0 Å². The molecule has 0 bridgehead atoms. The Hall–Kier alpha value is -2.22. The Balaban J connectivity index is 1.78. The highest BCUT2D eigenvalue weighted by Crippen LogP contribution is 2.12. The lowest BCUT2D eigenvalue weighted by molar-refractivity contribution is -0.117. The number of carbonyl (C=O) groups is 2. The van der Waals surface area contributed by atoms with Crippen LogP contribution in [0.25, 0.3) is 0 Å².